The van der Waals surface area contributed by atoms with Crippen molar-refractivity contribution >= 4 is 11.6 Å². The molecule has 0 fully saturated rings. The van der Waals surface area contributed by atoms with E-state index in [1.807, 2.05) is 25.1 Å². The molecule has 104 valence electrons. The van der Waals surface area contributed by atoms with Crippen molar-refractivity contribution in [2.75, 3.05) is 0 Å². The maximum atomic E-state index is 6.14. The Labute approximate surface area is 124 Å². The minimum Gasteiger partial charge on any atom is -0.488 e. The van der Waals surface area contributed by atoms with Crippen molar-refractivity contribution in [1.82, 2.24) is 0 Å². The summed E-state index contributed by atoms with van der Waals surface area (Å²) in [6.07, 6.45) is 0.936. The number of rotatable bonds is 2. The second-order valence-electron chi connectivity index (χ2n) is 5.47. The molecule has 3 rings (SSSR count). The molecule has 2 N–H and O–H groups in total. The van der Waals surface area contributed by atoms with Crippen molar-refractivity contribution < 1.29 is 4.74 Å². The van der Waals surface area contributed by atoms with Gasteiger partial charge >= 0.3 is 0 Å². The van der Waals surface area contributed by atoms with E-state index in [9.17, 15) is 0 Å². The first-order valence-corrected chi connectivity index (χ1v) is 7.24. The summed E-state index contributed by atoms with van der Waals surface area (Å²) in [4.78, 5) is 0. The number of ether oxygens (including phenoxy) is 1. The van der Waals surface area contributed by atoms with Crippen LogP contribution in [0.15, 0.2) is 36.4 Å². The monoisotopic (exact) mass is 287 g/mol. The van der Waals surface area contributed by atoms with Gasteiger partial charge in [-0.25, -0.2) is 0 Å². The normalized spacial score (nSPS) is 18.5. The Morgan fingerprint density at radius 2 is 2.05 bits per heavy atom. The highest BCUT2D eigenvalue weighted by Crippen LogP contribution is 2.40. The molecule has 2 atom stereocenters. The molecule has 0 radical (unpaired) electrons. The van der Waals surface area contributed by atoms with E-state index in [0.717, 1.165) is 28.3 Å². The van der Waals surface area contributed by atoms with Crippen LogP contribution in [-0.4, -0.2) is 12.1 Å². The Morgan fingerprint density at radius 1 is 1.25 bits per heavy atom. The molecule has 3 heteroatoms. The summed E-state index contributed by atoms with van der Waals surface area (Å²) in [5.74, 6) is 0.958. The summed E-state index contributed by atoms with van der Waals surface area (Å²) in [6, 6.07) is 12.2. The number of nitrogens with two attached hydrogens (primary N) is 1. The fraction of sp³-hybridized carbons (Fsp3) is 0.294. The van der Waals surface area contributed by atoms with Gasteiger partial charge in [-0.2, -0.15) is 0 Å². The van der Waals surface area contributed by atoms with Gasteiger partial charge in [0.2, 0.25) is 0 Å². The Bertz CT molecular complexity index is 651. The van der Waals surface area contributed by atoms with Gasteiger partial charge in [0, 0.05) is 23.0 Å². The molecular weight excluding hydrogens is 270 g/mol. The van der Waals surface area contributed by atoms with Gasteiger partial charge in [0.1, 0.15) is 11.9 Å². The van der Waals surface area contributed by atoms with Crippen LogP contribution in [-0.2, 0) is 6.42 Å². The van der Waals surface area contributed by atoms with E-state index in [1.165, 1.54) is 11.1 Å². The molecule has 1 heterocycles. The summed E-state index contributed by atoms with van der Waals surface area (Å²) >= 11 is 6.14. The largest absolute Gasteiger partial charge is 0.488 e. The van der Waals surface area contributed by atoms with Crippen LogP contribution in [0.1, 0.15) is 18.1 Å². The minimum atomic E-state index is 0.0238. The first-order chi connectivity index (χ1) is 9.56. The van der Waals surface area contributed by atoms with Gasteiger partial charge in [0.15, 0.2) is 0 Å². The average molecular weight is 288 g/mol. The highest BCUT2D eigenvalue weighted by Gasteiger charge is 2.28. The van der Waals surface area contributed by atoms with E-state index in [0.29, 0.717) is 0 Å². The van der Waals surface area contributed by atoms with Crippen molar-refractivity contribution in [3.05, 3.63) is 52.5 Å². The smallest absolute Gasteiger partial charge is 0.130 e. The Balaban J connectivity index is 2.10. The summed E-state index contributed by atoms with van der Waals surface area (Å²) in [5.41, 5.74) is 10.6. The predicted molar refractivity (Wildman–Crippen MR) is 83.4 cm³/mol. The maximum absolute atomic E-state index is 6.14. The number of halogens is 1. The van der Waals surface area contributed by atoms with Gasteiger partial charge in [0.05, 0.1) is 0 Å². The summed E-state index contributed by atoms with van der Waals surface area (Å²) in [5, 5.41) is 0.741. The van der Waals surface area contributed by atoms with Crippen molar-refractivity contribution in [1.29, 1.82) is 0 Å². The number of hydrogen-bond donors (Lipinski definition) is 1. The molecule has 0 aromatic heterocycles. The van der Waals surface area contributed by atoms with Crippen LogP contribution in [0, 0.1) is 6.92 Å². The van der Waals surface area contributed by atoms with Crippen LogP contribution in [0.3, 0.4) is 0 Å². The molecule has 2 aromatic carbocycles. The molecule has 2 unspecified atom stereocenters. The van der Waals surface area contributed by atoms with Crippen LogP contribution < -0.4 is 10.5 Å². The topological polar surface area (TPSA) is 35.2 Å². The van der Waals surface area contributed by atoms with E-state index in [2.05, 4.69) is 25.1 Å². The first kappa shape index (κ1) is 13.5. The first-order valence-electron chi connectivity index (χ1n) is 6.87. The average Bonchev–Trinajstić information content (AvgIpc) is 2.85. The zero-order valence-electron chi connectivity index (χ0n) is 11.7. The zero-order valence-corrected chi connectivity index (χ0v) is 12.4. The molecule has 1 aliphatic heterocycles. The maximum Gasteiger partial charge on any atom is 0.130 e. The molecule has 2 nitrogen and oxygen atoms in total. The van der Waals surface area contributed by atoms with Crippen LogP contribution in [0.5, 0.6) is 5.75 Å². The lowest BCUT2D eigenvalue weighted by Gasteiger charge is -2.16. The highest BCUT2D eigenvalue weighted by molar-refractivity contribution is 6.30. The van der Waals surface area contributed by atoms with Gasteiger partial charge in [-0.1, -0.05) is 35.9 Å². The van der Waals surface area contributed by atoms with E-state index < -0.39 is 0 Å². The summed E-state index contributed by atoms with van der Waals surface area (Å²) in [7, 11) is 0. The second-order valence-corrected chi connectivity index (χ2v) is 5.91. The standard InChI is InChI=1S/C17H18ClNO/c1-10-6-7-13(18)9-15(10)14-5-3-4-12-8-16(11(2)19)20-17(12)14/h3-7,9,11,16H,8,19H2,1-2H3. The molecule has 0 amide bonds. The molecule has 1 aliphatic rings. The number of aryl methyl sites for hydroxylation is 1. The fourth-order valence-electron chi connectivity index (χ4n) is 2.68. The van der Waals surface area contributed by atoms with Gasteiger partial charge in [-0.05, 0) is 42.7 Å². The van der Waals surface area contributed by atoms with Crippen LogP contribution in [0.2, 0.25) is 5.02 Å². The van der Waals surface area contributed by atoms with Crippen molar-refractivity contribution in [2.45, 2.75) is 32.4 Å². The molecule has 2 aromatic rings. The van der Waals surface area contributed by atoms with Crippen LogP contribution in [0.4, 0.5) is 0 Å². The Morgan fingerprint density at radius 3 is 2.80 bits per heavy atom. The van der Waals surface area contributed by atoms with Crippen LogP contribution in [0.25, 0.3) is 11.1 Å². The Hall–Kier alpha value is -1.51. The third-order valence-electron chi connectivity index (χ3n) is 3.86. The fourth-order valence-corrected chi connectivity index (χ4v) is 2.86. The van der Waals surface area contributed by atoms with Gasteiger partial charge < -0.3 is 10.5 Å². The van der Waals surface area contributed by atoms with E-state index in [4.69, 9.17) is 22.1 Å². The van der Waals surface area contributed by atoms with Gasteiger partial charge in [-0.3, -0.25) is 0 Å². The zero-order chi connectivity index (χ0) is 14.3. The van der Waals surface area contributed by atoms with E-state index >= 15 is 0 Å². The highest BCUT2D eigenvalue weighted by atomic mass is 35.5. The number of para-hydroxylation sites is 1. The molecule has 0 spiro atoms. The van der Waals surface area contributed by atoms with Crippen molar-refractivity contribution in [2.24, 2.45) is 5.73 Å². The molecule has 0 bridgehead atoms. The quantitative estimate of drug-likeness (QED) is 0.907. The number of benzene rings is 2. The number of fused-ring (bicyclic) bond motifs is 1. The molecular formula is C17H18ClNO. The number of hydrogen-bond acceptors (Lipinski definition) is 2. The summed E-state index contributed by atoms with van der Waals surface area (Å²) < 4.78 is 6.08. The predicted octanol–water partition coefficient (Wildman–Crippen LogP) is 3.97. The minimum absolute atomic E-state index is 0.0238. The molecule has 20 heavy (non-hydrogen) atoms. The lowest BCUT2D eigenvalue weighted by Crippen LogP contribution is -2.34. The van der Waals surface area contributed by atoms with Crippen molar-refractivity contribution in [3.63, 3.8) is 0 Å². The van der Waals surface area contributed by atoms with E-state index in [1.54, 1.807) is 0 Å². The van der Waals surface area contributed by atoms with E-state index in [-0.39, 0.29) is 12.1 Å². The lowest BCUT2D eigenvalue weighted by atomic mass is 9.97. The second kappa shape index (κ2) is 5.12. The summed E-state index contributed by atoms with van der Waals surface area (Å²) in [6.45, 7) is 4.07. The molecule has 0 saturated carbocycles. The molecule has 0 saturated heterocycles. The third-order valence-corrected chi connectivity index (χ3v) is 4.10. The third kappa shape index (κ3) is 2.30. The SMILES string of the molecule is Cc1ccc(Cl)cc1-c1cccc2c1OC(C(C)N)C2. The lowest BCUT2D eigenvalue weighted by molar-refractivity contribution is 0.207. The Kier molecular flexibility index (Phi) is 3.45. The van der Waals surface area contributed by atoms with Gasteiger partial charge in [-0.15, -0.1) is 0 Å². The molecule has 0 aliphatic carbocycles. The van der Waals surface area contributed by atoms with Crippen molar-refractivity contribution in [3.8, 4) is 16.9 Å². The van der Waals surface area contributed by atoms with Crippen LogP contribution >= 0.6 is 11.6 Å². The van der Waals surface area contributed by atoms with Gasteiger partial charge in [0.25, 0.3) is 0 Å².